The summed E-state index contributed by atoms with van der Waals surface area (Å²) in [6.07, 6.45) is 0. The quantitative estimate of drug-likeness (QED) is 0.861. The topological polar surface area (TPSA) is 38.5 Å². The van der Waals surface area contributed by atoms with E-state index >= 15 is 0 Å². The molecule has 88 valence electrons. The lowest BCUT2D eigenvalue weighted by molar-refractivity contribution is 0.122. The molecule has 3 nitrogen and oxygen atoms in total. The molecule has 0 aromatic heterocycles. The van der Waals surface area contributed by atoms with Gasteiger partial charge in [-0.15, -0.1) is 0 Å². The maximum Gasteiger partial charge on any atom is 0.0642 e. The molecule has 0 bridgehead atoms. The third kappa shape index (κ3) is 2.48. The van der Waals surface area contributed by atoms with Crippen LogP contribution in [0.4, 0.5) is 5.69 Å². The average Bonchev–Trinajstić information content (AvgIpc) is 2.30. The van der Waals surface area contributed by atoms with Gasteiger partial charge in [-0.25, -0.2) is 0 Å². The Morgan fingerprint density at radius 1 is 1.38 bits per heavy atom. The zero-order chi connectivity index (χ0) is 11.5. The van der Waals surface area contributed by atoms with Gasteiger partial charge in [-0.2, -0.15) is 0 Å². The highest BCUT2D eigenvalue weighted by molar-refractivity contribution is 6.33. The molecule has 1 aliphatic heterocycles. The van der Waals surface area contributed by atoms with Crippen molar-refractivity contribution in [3.05, 3.63) is 28.8 Å². The van der Waals surface area contributed by atoms with Gasteiger partial charge in [-0.1, -0.05) is 17.7 Å². The van der Waals surface area contributed by atoms with Gasteiger partial charge in [0.15, 0.2) is 0 Å². The Kier molecular flexibility index (Phi) is 3.69. The van der Waals surface area contributed by atoms with Crippen LogP contribution in [-0.4, -0.2) is 26.3 Å². The van der Waals surface area contributed by atoms with Crippen molar-refractivity contribution >= 4 is 17.3 Å². The number of nitrogens with zero attached hydrogens (tertiary/aromatic N) is 1. The Balaban J connectivity index is 2.21. The molecule has 0 spiro atoms. The van der Waals surface area contributed by atoms with Crippen molar-refractivity contribution in [3.8, 4) is 0 Å². The van der Waals surface area contributed by atoms with E-state index in [1.807, 2.05) is 25.1 Å². The van der Waals surface area contributed by atoms with Crippen LogP contribution < -0.4 is 10.6 Å². The summed E-state index contributed by atoms with van der Waals surface area (Å²) in [5.41, 5.74) is 7.97. The van der Waals surface area contributed by atoms with E-state index in [1.54, 1.807) is 0 Å². The molecule has 16 heavy (non-hydrogen) atoms. The number of morpholine rings is 1. The molecular formula is C12H17ClN2O. The van der Waals surface area contributed by atoms with Crippen LogP contribution in [-0.2, 0) is 4.74 Å². The number of hydrogen-bond acceptors (Lipinski definition) is 3. The number of anilines is 1. The fraction of sp³-hybridized carbons (Fsp3) is 0.500. The Bertz CT molecular complexity index is 362. The van der Waals surface area contributed by atoms with E-state index in [1.165, 1.54) is 0 Å². The third-order valence-electron chi connectivity index (χ3n) is 2.85. The number of nitrogens with two attached hydrogens (primary N) is 1. The van der Waals surface area contributed by atoms with Crippen molar-refractivity contribution in [2.24, 2.45) is 5.73 Å². The maximum atomic E-state index is 6.27. The lowest BCUT2D eigenvalue weighted by atomic mass is 10.1. The molecule has 0 radical (unpaired) electrons. The fourth-order valence-corrected chi connectivity index (χ4v) is 2.18. The van der Waals surface area contributed by atoms with E-state index in [0.29, 0.717) is 0 Å². The number of halogens is 1. The summed E-state index contributed by atoms with van der Waals surface area (Å²) in [6, 6.07) is 6.07. The van der Waals surface area contributed by atoms with Crippen LogP contribution in [0, 0.1) is 0 Å². The van der Waals surface area contributed by atoms with Crippen molar-refractivity contribution < 1.29 is 4.74 Å². The molecule has 1 aliphatic rings. The molecule has 0 aliphatic carbocycles. The van der Waals surface area contributed by atoms with Crippen LogP contribution in [0.1, 0.15) is 18.5 Å². The van der Waals surface area contributed by atoms with Crippen molar-refractivity contribution in [1.82, 2.24) is 0 Å². The number of benzene rings is 1. The van der Waals surface area contributed by atoms with Crippen LogP contribution in [0.5, 0.6) is 0 Å². The summed E-state index contributed by atoms with van der Waals surface area (Å²) in [7, 11) is 0. The van der Waals surface area contributed by atoms with E-state index in [-0.39, 0.29) is 6.04 Å². The van der Waals surface area contributed by atoms with E-state index in [0.717, 1.165) is 42.6 Å². The largest absolute Gasteiger partial charge is 0.378 e. The third-order valence-corrected chi connectivity index (χ3v) is 3.15. The van der Waals surface area contributed by atoms with Crippen LogP contribution in [0.3, 0.4) is 0 Å². The molecule has 1 saturated heterocycles. The Hall–Kier alpha value is -0.770. The summed E-state index contributed by atoms with van der Waals surface area (Å²) < 4.78 is 5.32. The number of hydrogen-bond donors (Lipinski definition) is 1. The molecule has 0 amide bonds. The first-order valence-electron chi connectivity index (χ1n) is 5.56. The normalized spacial score (nSPS) is 18.6. The van der Waals surface area contributed by atoms with Gasteiger partial charge in [0.2, 0.25) is 0 Å². The van der Waals surface area contributed by atoms with Crippen LogP contribution in [0.2, 0.25) is 5.02 Å². The molecule has 1 aromatic carbocycles. The monoisotopic (exact) mass is 240 g/mol. The number of rotatable bonds is 2. The summed E-state index contributed by atoms with van der Waals surface area (Å²) in [6.45, 7) is 5.30. The molecule has 1 aromatic rings. The Morgan fingerprint density at radius 2 is 2.06 bits per heavy atom. The first-order valence-corrected chi connectivity index (χ1v) is 5.94. The van der Waals surface area contributed by atoms with Crippen molar-refractivity contribution in [3.63, 3.8) is 0 Å². The summed E-state index contributed by atoms with van der Waals surface area (Å²) in [5.74, 6) is 0. The predicted octanol–water partition coefficient (Wildman–Crippen LogP) is 2.20. The molecule has 2 N–H and O–H groups in total. The van der Waals surface area contributed by atoms with E-state index in [4.69, 9.17) is 22.1 Å². The SMILES string of the molecule is CC(N)c1ccc(N2CCOCC2)c(Cl)c1. The first kappa shape index (κ1) is 11.7. The minimum absolute atomic E-state index is 0.0243. The van der Waals surface area contributed by atoms with Crippen LogP contribution >= 0.6 is 11.6 Å². The maximum absolute atomic E-state index is 6.27. The minimum Gasteiger partial charge on any atom is -0.378 e. The Labute approximate surface area is 101 Å². The second-order valence-electron chi connectivity index (χ2n) is 4.10. The standard InChI is InChI=1S/C12H17ClN2O/c1-9(14)10-2-3-12(11(13)8-10)15-4-6-16-7-5-15/h2-3,8-9H,4-7,14H2,1H3. The predicted molar refractivity (Wildman–Crippen MR) is 67.1 cm³/mol. The minimum atomic E-state index is 0.0243. The molecule has 0 saturated carbocycles. The van der Waals surface area contributed by atoms with E-state index in [2.05, 4.69) is 4.90 Å². The first-order chi connectivity index (χ1) is 7.68. The summed E-state index contributed by atoms with van der Waals surface area (Å²) >= 11 is 6.27. The second-order valence-corrected chi connectivity index (χ2v) is 4.51. The highest BCUT2D eigenvalue weighted by Gasteiger charge is 2.14. The van der Waals surface area contributed by atoms with Gasteiger partial charge in [-0.05, 0) is 24.6 Å². The van der Waals surface area contributed by atoms with Gasteiger partial charge in [-0.3, -0.25) is 0 Å². The van der Waals surface area contributed by atoms with Gasteiger partial charge in [0.25, 0.3) is 0 Å². The summed E-state index contributed by atoms with van der Waals surface area (Å²) in [4.78, 5) is 2.25. The lowest BCUT2D eigenvalue weighted by Gasteiger charge is -2.29. The van der Waals surface area contributed by atoms with E-state index < -0.39 is 0 Å². The molecule has 1 fully saturated rings. The van der Waals surface area contributed by atoms with Gasteiger partial charge < -0.3 is 15.4 Å². The van der Waals surface area contributed by atoms with Gasteiger partial charge >= 0.3 is 0 Å². The van der Waals surface area contributed by atoms with Crippen molar-refractivity contribution in [2.45, 2.75) is 13.0 Å². The molecular weight excluding hydrogens is 224 g/mol. The van der Waals surface area contributed by atoms with Gasteiger partial charge in [0.1, 0.15) is 0 Å². The highest BCUT2D eigenvalue weighted by atomic mass is 35.5. The lowest BCUT2D eigenvalue weighted by Crippen LogP contribution is -2.36. The molecule has 1 atom stereocenters. The van der Waals surface area contributed by atoms with Gasteiger partial charge in [0.05, 0.1) is 23.9 Å². The molecule has 1 heterocycles. The van der Waals surface area contributed by atoms with Crippen LogP contribution in [0.15, 0.2) is 18.2 Å². The average molecular weight is 241 g/mol. The zero-order valence-electron chi connectivity index (χ0n) is 9.45. The zero-order valence-corrected chi connectivity index (χ0v) is 10.2. The smallest absolute Gasteiger partial charge is 0.0642 e. The molecule has 2 rings (SSSR count). The Morgan fingerprint density at radius 3 is 2.62 bits per heavy atom. The summed E-state index contributed by atoms with van der Waals surface area (Å²) in [5, 5.41) is 0.775. The van der Waals surface area contributed by atoms with Crippen molar-refractivity contribution in [2.75, 3.05) is 31.2 Å². The van der Waals surface area contributed by atoms with Crippen LogP contribution in [0.25, 0.3) is 0 Å². The fourth-order valence-electron chi connectivity index (χ4n) is 1.87. The molecule has 4 heteroatoms. The number of ether oxygens (including phenoxy) is 1. The van der Waals surface area contributed by atoms with E-state index in [9.17, 15) is 0 Å². The molecule has 1 unspecified atom stereocenters. The second kappa shape index (κ2) is 5.04. The van der Waals surface area contributed by atoms with Crippen molar-refractivity contribution in [1.29, 1.82) is 0 Å². The highest BCUT2D eigenvalue weighted by Crippen LogP contribution is 2.28. The van der Waals surface area contributed by atoms with Gasteiger partial charge in [0, 0.05) is 19.1 Å².